The number of nitrogens with one attached hydrogen (secondary N) is 1. The van der Waals surface area contributed by atoms with Crippen LogP contribution in [0.15, 0.2) is 17.3 Å². The lowest BCUT2D eigenvalue weighted by atomic mass is 10.1. The third-order valence-corrected chi connectivity index (χ3v) is 3.85. The molecule has 3 unspecified atom stereocenters. The molecular formula is C10H18N3O5P. The van der Waals surface area contributed by atoms with Gasteiger partial charge in [-0.3, -0.25) is 24.9 Å². The molecule has 0 bridgehead atoms. The van der Waals surface area contributed by atoms with Crippen LogP contribution in [-0.4, -0.2) is 58.1 Å². The number of amides is 1. The second-order valence-electron chi connectivity index (χ2n) is 4.30. The van der Waals surface area contributed by atoms with E-state index in [1.54, 1.807) is 12.3 Å². The molecule has 0 aliphatic carbocycles. The van der Waals surface area contributed by atoms with E-state index < -0.39 is 25.0 Å². The molecule has 9 heteroatoms. The molecule has 0 aromatic rings. The molecule has 0 saturated heterocycles. The van der Waals surface area contributed by atoms with Crippen molar-refractivity contribution in [1.29, 1.82) is 0 Å². The fourth-order valence-corrected chi connectivity index (χ4v) is 1.85. The summed E-state index contributed by atoms with van der Waals surface area (Å²) in [5.41, 5.74) is 0. The highest BCUT2D eigenvalue weighted by Gasteiger charge is 2.24. The first-order chi connectivity index (χ1) is 8.82. The van der Waals surface area contributed by atoms with Crippen LogP contribution >= 0.6 is 7.37 Å². The van der Waals surface area contributed by atoms with Crippen LogP contribution in [0.25, 0.3) is 0 Å². The minimum absolute atomic E-state index is 0.201. The molecule has 1 rings (SSSR count). The highest BCUT2D eigenvalue weighted by atomic mass is 31.2. The number of aliphatic hydroxyl groups is 1. The van der Waals surface area contributed by atoms with Gasteiger partial charge in [-0.15, -0.1) is 0 Å². The minimum atomic E-state index is -3.59. The van der Waals surface area contributed by atoms with Crippen LogP contribution < -0.4 is 5.32 Å². The van der Waals surface area contributed by atoms with Crippen LogP contribution in [0.3, 0.4) is 0 Å². The first-order valence-electron chi connectivity index (χ1n) is 5.69. The number of aliphatic hydroxyl groups excluding tert-OH is 1. The summed E-state index contributed by atoms with van der Waals surface area (Å²) in [5, 5.41) is 21.8. The molecule has 0 spiro atoms. The number of hydrogen-bond donors (Lipinski definition) is 4. The Kier molecular flexibility index (Phi) is 5.84. The van der Waals surface area contributed by atoms with Crippen LogP contribution in [0.4, 0.5) is 0 Å². The van der Waals surface area contributed by atoms with E-state index in [9.17, 15) is 19.7 Å². The second-order valence-corrected chi connectivity index (χ2v) is 6.78. The Morgan fingerprint density at radius 3 is 2.89 bits per heavy atom. The largest absolute Gasteiger partial charge is 0.382 e. The van der Waals surface area contributed by atoms with Gasteiger partial charge in [0.05, 0.1) is 12.6 Å². The van der Waals surface area contributed by atoms with E-state index in [4.69, 9.17) is 4.89 Å². The lowest BCUT2D eigenvalue weighted by Gasteiger charge is -2.21. The van der Waals surface area contributed by atoms with Crippen LogP contribution in [0.5, 0.6) is 0 Å². The van der Waals surface area contributed by atoms with Crippen molar-refractivity contribution in [2.75, 3.05) is 19.9 Å². The van der Waals surface area contributed by atoms with Crippen molar-refractivity contribution in [2.45, 2.75) is 12.3 Å². The molecule has 4 N–H and O–H groups in total. The molecule has 0 radical (unpaired) electrons. The predicted octanol–water partition coefficient (Wildman–Crippen LogP) is -0.426. The zero-order chi connectivity index (χ0) is 14.5. The van der Waals surface area contributed by atoms with E-state index in [-0.39, 0.29) is 13.2 Å². The van der Waals surface area contributed by atoms with Gasteiger partial charge in [-0.1, -0.05) is 6.08 Å². The Morgan fingerprint density at radius 2 is 2.37 bits per heavy atom. The van der Waals surface area contributed by atoms with Crippen LogP contribution in [-0.2, 0) is 9.36 Å². The van der Waals surface area contributed by atoms with Crippen LogP contribution in [0, 0.1) is 5.92 Å². The van der Waals surface area contributed by atoms with Gasteiger partial charge in [0, 0.05) is 25.6 Å². The molecule has 0 aromatic carbocycles. The quantitative estimate of drug-likeness (QED) is 0.228. The SMILES string of the molecule is CP(=O)(O)C(O)CNCN(O)C(=O)C1C=NC=CC1. The molecule has 1 aliphatic rings. The van der Waals surface area contributed by atoms with Gasteiger partial charge in [-0.05, 0) is 6.42 Å². The monoisotopic (exact) mass is 291 g/mol. The fourth-order valence-electron chi connectivity index (χ4n) is 1.39. The average molecular weight is 291 g/mol. The zero-order valence-corrected chi connectivity index (χ0v) is 11.4. The summed E-state index contributed by atoms with van der Waals surface area (Å²) in [5.74, 6) is -2.48. The highest BCUT2D eigenvalue weighted by Crippen LogP contribution is 2.39. The summed E-state index contributed by atoms with van der Waals surface area (Å²) in [6, 6.07) is 0. The van der Waals surface area contributed by atoms with Crippen molar-refractivity contribution < 1.29 is 24.6 Å². The summed E-state index contributed by atoms with van der Waals surface area (Å²) in [7, 11) is -3.59. The van der Waals surface area contributed by atoms with Crippen LogP contribution in [0.2, 0.25) is 0 Å². The standard InChI is InChI=1S/C10H18N3O5P/c1-19(17,18)9(14)6-12-7-13(16)10(15)8-3-2-4-11-5-8/h2,4-5,8-9,12,14,16H,3,6-7H2,1H3,(H,17,18). The Bertz CT molecular complexity index is 419. The third-order valence-electron chi connectivity index (χ3n) is 2.56. The molecule has 0 fully saturated rings. The normalized spacial score (nSPS) is 22.8. The molecule has 0 saturated carbocycles. The van der Waals surface area contributed by atoms with Gasteiger partial charge in [0.25, 0.3) is 5.91 Å². The maximum Gasteiger partial charge on any atom is 0.255 e. The Hall–Kier alpha value is -1.05. The molecule has 3 atom stereocenters. The Morgan fingerprint density at radius 1 is 1.68 bits per heavy atom. The van der Waals surface area contributed by atoms with Gasteiger partial charge in [-0.25, -0.2) is 5.06 Å². The van der Waals surface area contributed by atoms with Gasteiger partial charge in [0.1, 0.15) is 5.85 Å². The number of allylic oxidation sites excluding steroid dienone is 1. The lowest BCUT2D eigenvalue weighted by Crippen LogP contribution is -2.42. The summed E-state index contributed by atoms with van der Waals surface area (Å²) in [6.07, 6.45) is 5.18. The number of hydrogen-bond acceptors (Lipinski definition) is 6. The van der Waals surface area contributed by atoms with E-state index >= 15 is 0 Å². The molecule has 8 nitrogen and oxygen atoms in total. The fraction of sp³-hybridized carbons (Fsp3) is 0.600. The molecule has 1 aliphatic heterocycles. The average Bonchev–Trinajstić information content (AvgIpc) is 2.37. The number of rotatable bonds is 6. The van der Waals surface area contributed by atoms with Crippen LogP contribution in [0.1, 0.15) is 6.42 Å². The zero-order valence-electron chi connectivity index (χ0n) is 10.5. The van der Waals surface area contributed by atoms with Crippen molar-refractivity contribution in [1.82, 2.24) is 10.4 Å². The molecule has 0 aromatic heterocycles. The summed E-state index contributed by atoms with van der Waals surface area (Å²) < 4.78 is 11.1. The summed E-state index contributed by atoms with van der Waals surface area (Å²) in [4.78, 5) is 24.6. The van der Waals surface area contributed by atoms with Crippen molar-refractivity contribution in [2.24, 2.45) is 10.9 Å². The maximum atomic E-state index is 11.7. The van der Waals surface area contributed by atoms with Crippen molar-refractivity contribution in [3.8, 4) is 0 Å². The van der Waals surface area contributed by atoms with E-state index in [2.05, 4.69) is 10.3 Å². The number of aliphatic imine (C=N–C) groups is 1. The second kappa shape index (κ2) is 6.93. The highest BCUT2D eigenvalue weighted by molar-refractivity contribution is 7.57. The van der Waals surface area contributed by atoms with Gasteiger partial charge >= 0.3 is 0 Å². The maximum absolute atomic E-state index is 11.7. The van der Waals surface area contributed by atoms with E-state index in [0.29, 0.717) is 11.5 Å². The van der Waals surface area contributed by atoms with E-state index in [0.717, 1.165) is 6.66 Å². The van der Waals surface area contributed by atoms with E-state index in [1.165, 1.54) is 6.21 Å². The first kappa shape index (κ1) is 16.0. The van der Waals surface area contributed by atoms with Crippen molar-refractivity contribution >= 4 is 19.5 Å². The number of nitrogens with zero attached hydrogens (tertiary/aromatic N) is 2. The summed E-state index contributed by atoms with van der Waals surface area (Å²) >= 11 is 0. The smallest absolute Gasteiger partial charge is 0.255 e. The van der Waals surface area contributed by atoms with Gasteiger partial charge in [0.15, 0.2) is 0 Å². The van der Waals surface area contributed by atoms with Crippen molar-refractivity contribution in [3.63, 3.8) is 0 Å². The molecular weight excluding hydrogens is 273 g/mol. The molecule has 19 heavy (non-hydrogen) atoms. The minimum Gasteiger partial charge on any atom is -0.382 e. The lowest BCUT2D eigenvalue weighted by molar-refractivity contribution is -0.169. The third kappa shape index (κ3) is 5.22. The predicted molar refractivity (Wildman–Crippen MR) is 69.0 cm³/mol. The number of hydroxylamine groups is 2. The first-order valence-corrected chi connectivity index (χ1v) is 7.87. The van der Waals surface area contributed by atoms with Gasteiger partial charge in [-0.2, -0.15) is 0 Å². The Balaban J connectivity index is 2.33. The van der Waals surface area contributed by atoms with Gasteiger partial charge in [0.2, 0.25) is 7.37 Å². The Labute approximate surface area is 110 Å². The van der Waals surface area contributed by atoms with Gasteiger partial charge < -0.3 is 10.00 Å². The number of carbonyl (C=O) groups is 1. The molecule has 108 valence electrons. The van der Waals surface area contributed by atoms with E-state index in [1.807, 2.05) is 0 Å². The molecule has 1 amide bonds. The van der Waals surface area contributed by atoms with Crippen molar-refractivity contribution in [3.05, 3.63) is 12.3 Å². The summed E-state index contributed by atoms with van der Waals surface area (Å²) in [6.45, 7) is 0.587. The topological polar surface area (TPSA) is 122 Å². The molecule has 1 heterocycles. The number of carbonyl (C=O) groups excluding carboxylic acids is 1.